The molecular weight excluding hydrogens is 370 g/mol. The predicted octanol–water partition coefficient (Wildman–Crippen LogP) is 5.65. The third-order valence-electron chi connectivity index (χ3n) is 7.71. The fourth-order valence-electron chi connectivity index (χ4n) is 7.02. The molecule has 28 heavy (non-hydrogen) atoms. The maximum atomic E-state index is 13.7. The molecule has 1 aromatic carbocycles. The minimum atomic E-state index is -0.206. The number of carbonyl (C=O) groups excluding carboxylic acids is 1. The zero-order valence-electron chi connectivity index (χ0n) is 17.2. The Morgan fingerprint density at radius 1 is 1.14 bits per heavy atom. The summed E-state index contributed by atoms with van der Waals surface area (Å²) < 4.78 is 5.44. The van der Waals surface area contributed by atoms with Gasteiger partial charge in [-0.05, 0) is 94.2 Å². The number of methoxy groups -OCH3 is 1. The minimum absolute atomic E-state index is 0.0739. The number of halogens is 1. The van der Waals surface area contributed by atoms with Crippen LogP contribution in [-0.4, -0.2) is 24.1 Å². The van der Waals surface area contributed by atoms with E-state index in [0.29, 0.717) is 23.0 Å². The maximum Gasteiger partial charge on any atom is 0.145 e. The number of benzene rings is 1. The molecule has 4 saturated carbocycles. The van der Waals surface area contributed by atoms with Gasteiger partial charge in [0.1, 0.15) is 11.5 Å². The van der Waals surface area contributed by atoms with E-state index < -0.39 is 0 Å². The number of ketones is 1. The Hall–Kier alpha value is -1.35. The van der Waals surface area contributed by atoms with Gasteiger partial charge in [0.15, 0.2) is 0 Å². The van der Waals surface area contributed by atoms with Crippen LogP contribution in [0, 0.1) is 23.2 Å². The topological polar surface area (TPSA) is 38.7 Å². The molecule has 1 aliphatic heterocycles. The number of fused-ring (bicyclic) bond motifs is 1. The normalized spacial score (nSPS) is 34.7. The highest BCUT2D eigenvalue weighted by molar-refractivity contribution is 6.32. The van der Waals surface area contributed by atoms with Gasteiger partial charge in [0.2, 0.25) is 0 Å². The van der Waals surface area contributed by atoms with Crippen LogP contribution in [0.4, 0.5) is 0 Å². The Morgan fingerprint density at radius 3 is 2.32 bits per heavy atom. The highest BCUT2D eigenvalue weighted by Crippen LogP contribution is 2.60. The van der Waals surface area contributed by atoms with Gasteiger partial charge in [-0.3, -0.25) is 9.79 Å². The summed E-state index contributed by atoms with van der Waals surface area (Å²) in [7, 11) is 1.64. The van der Waals surface area contributed by atoms with Crippen molar-refractivity contribution in [2.24, 2.45) is 28.2 Å². The SMILES string of the molecule is COc1cc2c(cc1Cl)CC(C)(C)N=C2CC(=O)C12CC3CC(CC(C3)C1)C2. The second-order valence-electron chi connectivity index (χ2n) is 10.5. The van der Waals surface area contributed by atoms with Crippen LogP contribution in [0.1, 0.15) is 69.9 Å². The van der Waals surface area contributed by atoms with Crippen molar-refractivity contribution in [1.82, 2.24) is 0 Å². The average molecular weight is 400 g/mol. The third kappa shape index (κ3) is 3.01. The first-order valence-electron chi connectivity index (χ1n) is 10.8. The largest absolute Gasteiger partial charge is 0.495 e. The number of aliphatic imine (C=N–C) groups is 1. The molecule has 0 radical (unpaired) electrons. The smallest absolute Gasteiger partial charge is 0.145 e. The Kier molecular flexibility index (Phi) is 4.21. The number of hydrogen-bond donors (Lipinski definition) is 0. The van der Waals surface area contributed by atoms with E-state index in [1.807, 2.05) is 12.1 Å². The van der Waals surface area contributed by atoms with Gasteiger partial charge in [-0.15, -0.1) is 0 Å². The summed E-state index contributed by atoms with van der Waals surface area (Å²) in [5, 5.41) is 0.630. The molecule has 0 spiro atoms. The van der Waals surface area contributed by atoms with E-state index in [2.05, 4.69) is 13.8 Å². The lowest BCUT2D eigenvalue weighted by Crippen LogP contribution is -2.50. The van der Waals surface area contributed by atoms with E-state index in [9.17, 15) is 4.79 Å². The van der Waals surface area contributed by atoms with Crippen LogP contribution < -0.4 is 4.74 Å². The molecule has 5 aliphatic rings. The summed E-state index contributed by atoms with van der Waals surface area (Å²) in [4.78, 5) is 18.7. The molecule has 0 N–H and O–H groups in total. The molecule has 0 unspecified atom stereocenters. The van der Waals surface area contributed by atoms with Crippen molar-refractivity contribution >= 4 is 23.1 Å². The maximum absolute atomic E-state index is 13.7. The molecule has 0 atom stereocenters. The van der Waals surface area contributed by atoms with E-state index in [1.165, 1.54) is 24.8 Å². The van der Waals surface area contributed by atoms with Crippen molar-refractivity contribution in [3.8, 4) is 5.75 Å². The van der Waals surface area contributed by atoms with Crippen LogP contribution in [-0.2, 0) is 11.2 Å². The van der Waals surface area contributed by atoms with E-state index >= 15 is 0 Å². The lowest BCUT2D eigenvalue weighted by Gasteiger charge is -2.56. The summed E-state index contributed by atoms with van der Waals surface area (Å²) in [5.74, 6) is 3.45. The molecule has 4 heteroatoms. The van der Waals surface area contributed by atoms with E-state index in [0.717, 1.165) is 54.7 Å². The zero-order chi connectivity index (χ0) is 19.7. The molecular formula is C24H30ClNO2. The van der Waals surface area contributed by atoms with Crippen LogP contribution in [0.5, 0.6) is 5.75 Å². The standard InChI is InChI=1S/C24H30ClNO2/c1-23(2)13-17-7-19(25)21(28-3)8-18(17)20(26-23)9-22(27)24-10-14-4-15(11-24)6-16(5-14)12-24/h7-8,14-16H,4-6,9-13H2,1-3H3. The molecule has 1 heterocycles. The Labute approximate surface area is 172 Å². The number of ether oxygens (including phenoxy) is 1. The monoisotopic (exact) mass is 399 g/mol. The first-order valence-corrected chi connectivity index (χ1v) is 11.1. The van der Waals surface area contributed by atoms with Crippen molar-refractivity contribution in [1.29, 1.82) is 0 Å². The van der Waals surface area contributed by atoms with Gasteiger partial charge >= 0.3 is 0 Å². The van der Waals surface area contributed by atoms with Crippen LogP contribution in [0.2, 0.25) is 5.02 Å². The quantitative estimate of drug-likeness (QED) is 0.656. The van der Waals surface area contributed by atoms with Crippen molar-refractivity contribution in [3.63, 3.8) is 0 Å². The van der Waals surface area contributed by atoms with E-state index in [1.54, 1.807) is 7.11 Å². The van der Waals surface area contributed by atoms with Gasteiger partial charge in [0.25, 0.3) is 0 Å². The van der Waals surface area contributed by atoms with Crippen molar-refractivity contribution < 1.29 is 9.53 Å². The van der Waals surface area contributed by atoms with E-state index in [4.69, 9.17) is 21.3 Å². The summed E-state index contributed by atoms with van der Waals surface area (Å²) in [6.07, 6.45) is 8.72. The molecule has 0 aromatic heterocycles. The molecule has 4 aliphatic carbocycles. The molecule has 1 aromatic rings. The van der Waals surface area contributed by atoms with E-state index in [-0.39, 0.29) is 11.0 Å². The van der Waals surface area contributed by atoms with Crippen LogP contribution in [0.25, 0.3) is 0 Å². The molecule has 4 fully saturated rings. The molecule has 6 rings (SSSR count). The van der Waals surface area contributed by atoms with Crippen molar-refractivity contribution in [3.05, 3.63) is 28.3 Å². The zero-order valence-corrected chi connectivity index (χ0v) is 17.9. The second-order valence-corrected chi connectivity index (χ2v) is 10.9. The van der Waals surface area contributed by atoms with Crippen LogP contribution >= 0.6 is 11.6 Å². The predicted molar refractivity (Wildman–Crippen MR) is 113 cm³/mol. The number of Topliss-reactive ketones (excluding diaryl/α,β-unsaturated/α-hetero) is 1. The number of rotatable bonds is 4. The third-order valence-corrected chi connectivity index (χ3v) is 8.00. The average Bonchev–Trinajstić information content (AvgIpc) is 2.59. The first kappa shape index (κ1) is 18.7. The summed E-state index contributed by atoms with van der Waals surface area (Å²) in [6.45, 7) is 4.28. The minimum Gasteiger partial charge on any atom is -0.495 e. The number of nitrogens with zero attached hydrogens (tertiary/aromatic N) is 1. The summed E-state index contributed by atoms with van der Waals surface area (Å²) in [5.41, 5.74) is 2.89. The van der Waals surface area contributed by atoms with Crippen molar-refractivity contribution in [2.75, 3.05) is 7.11 Å². The fraction of sp³-hybridized carbons (Fsp3) is 0.667. The van der Waals surface area contributed by atoms with Crippen LogP contribution in [0.15, 0.2) is 17.1 Å². The molecule has 0 saturated heterocycles. The Bertz CT molecular complexity index is 834. The Balaban J connectivity index is 1.48. The second kappa shape index (κ2) is 6.32. The fourth-order valence-corrected chi connectivity index (χ4v) is 7.29. The number of hydrogen-bond acceptors (Lipinski definition) is 3. The van der Waals surface area contributed by atoms with Gasteiger partial charge in [-0.1, -0.05) is 11.6 Å². The van der Waals surface area contributed by atoms with Crippen LogP contribution in [0.3, 0.4) is 0 Å². The van der Waals surface area contributed by atoms with Gasteiger partial charge < -0.3 is 4.74 Å². The number of carbonyl (C=O) groups is 1. The van der Waals surface area contributed by atoms with Gasteiger partial charge in [-0.2, -0.15) is 0 Å². The van der Waals surface area contributed by atoms with Gasteiger partial charge in [-0.25, -0.2) is 0 Å². The molecule has 0 amide bonds. The van der Waals surface area contributed by atoms with Gasteiger partial charge in [0, 0.05) is 17.4 Å². The first-order chi connectivity index (χ1) is 13.3. The molecule has 3 nitrogen and oxygen atoms in total. The summed E-state index contributed by atoms with van der Waals surface area (Å²) in [6, 6.07) is 3.99. The Morgan fingerprint density at radius 2 is 1.75 bits per heavy atom. The highest BCUT2D eigenvalue weighted by Gasteiger charge is 2.54. The highest BCUT2D eigenvalue weighted by atomic mass is 35.5. The summed E-state index contributed by atoms with van der Waals surface area (Å²) >= 11 is 6.39. The van der Waals surface area contributed by atoms with Gasteiger partial charge in [0.05, 0.1) is 23.4 Å². The lowest BCUT2D eigenvalue weighted by molar-refractivity contribution is -0.142. The molecule has 150 valence electrons. The lowest BCUT2D eigenvalue weighted by atomic mass is 9.48. The molecule has 4 bridgehead atoms. The van der Waals surface area contributed by atoms with Crippen molar-refractivity contribution in [2.45, 2.75) is 70.8 Å².